The summed E-state index contributed by atoms with van der Waals surface area (Å²) in [6.45, 7) is 5.10. The molecule has 4 nitrogen and oxygen atoms in total. The van der Waals surface area contributed by atoms with Crippen LogP contribution in [-0.2, 0) is 9.47 Å². The number of rotatable bonds is 12. The molecule has 202 valence electrons. The van der Waals surface area contributed by atoms with Crippen LogP contribution in [0.5, 0.6) is 0 Å². The van der Waals surface area contributed by atoms with E-state index >= 15 is 0 Å². The maximum absolute atomic E-state index is 12.3. The van der Waals surface area contributed by atoms with E-state index in [1.165, 1.54) is 42.2 Å². The topological polar surface area (TPSA) is 52.6 Å². The Hall–Kier alpha value is -2.56. The van der Waals surface area contributed by atoms with Crippen LogP contribution < -0.4 is 0 Å². The molecule has 39 heavy (non-hydrogen) atoms. The van der Waals surface area contributed by atoms with Crippen LogP contribution in [0.4, 0.5) is 0 Å². The minimum Gasteiger partial charge on any atom is -0.462 e. The smallest absolute Gasteiger partial charge is 0.348 e. The molecule has 0 aliphatic heterocycles. The fourth-order valence-electron chi connectivity index (χ4n) is 3.73. The lowest BCUT2D eigenvalue weighted by Gasteiger charge is -2.00. The third kappa shape index (κ3) is 6.78. The molecular weight excluding hydrogens is 585 g/mol. The van der Waals surface area contributed by atoms with Crippen molar-refractivity contribution in [1.29, 1.82) is 0 Å². The second-order valence-corrected chi connectivity index (χ2v) is 14.2. The molecule has 0 aliphatic rings. The molecule has 5 heterocycles. The van der Waals surface area contributed by atoms with Crippen molar-refractivity contribution in [2.45, 2.75) is 39.5 Å². The van der Waals surface area contributed by atoms with Crippen molar-refractivity contribution in [2.24, 2.45) is 0 Å². The summed E-state index contributed by atoms with van der Waals surface area (Å²) < 4.78 is 10.7. The van der Waals surface area contributed by atoms with Crippen LogP contribution in [0.15, 0.2) is 60.7 Å². The Labute approximate surface area is 248 Å². The zero-order chi connectivity index (χ0) is 27.2. The number of unbranched alkanes of at least 4 members (excludes halogenated alkanes) is 2. The number of carbonyl (C=O) groups is 2. The van der Waals surface area contributed by atoms with Gasteiger partial charge in [0, 0.05) is 39.0 Å². The molecule has 0 aliphatic carbocycles. The van der Waals surface area contributed by atoms with Crippen LogP contribution in [0.1, 0.15) is 58.9 Å². The summed E-state index contributed by atoms with van der Waals surface area (Å²) in [6, 6.07) is 20.6. The van der Waals surface area contributed by atoms with Gasteiger partial charge in [0.25, 0.3) is 0 Å². The van der Waals surface area contributed by atoms with E-state index in [4.69, 9.17) is 9.47 Å². The summed E-state index contributed by atoms with van der Waals surface area (Å²) in [7, 11) is 0. The number of hydrogen-bond acceptors (Lipinski definition) is 9. The average Bonchev–Trinajstić information content (AvgIpc) is 3.76. The number of ether oxygens (including phenoxy) is 2. The molecule has 0 spiro atoms. The van der Waals surface area contributed by atoms with Gasteiger partial charge in [-0.25, -0.2) is 9.59 Å². The first-order chi connectivity index (χ1) is 19.1. The van der Waals surface area contributed by atoms with Gasteiger partial charge in [0.2, 0.25) is 0 Å². The van der Waals surface area contributed by atoms with Gasteiger partial charge < -0.3 is 9.47 Å². The highest BCUT2D eigenvalue weighted by atomic mass is 32.1. The van der Waals surface area contributed by atoms with Crippen LogP contribution in [0.25, 0.3) is 39.0 Å². The van der Waals surface area contributed by atoms with Crippen molar-refractivity contribution >= 4 is 68.6 Å². The highest BCUT2D eigenvalue weighted by Gasteiger charge is 2.16. The Morgan fingerprint density at radius 3 is 1.08 bits per heavy atom. The predicted octanol–water partition coefficient (Wildman–Crippen LogP) is 10.6. The van der Waals surface area contributed by atoms with Gasteiger partial charge in [-0.1, -0.05) is 26.7 Å². The van der Waals surface area contributed by atoms with Crippen LogP contribution in [-0.4, -0.2) is 25.2 Å². The minimum atomic E-state index is -0.236. The highest BCUT2D eigenvalue weighted by Crippen LogP contribution is 2.44. The number of carbonyl (C=O) groups excluding carboxylic acids is 2. The molecule has 0 bridgehead atoms. The molecule has 0 unspecified atom stereocenters. The Balaban J connectivity index is 1.25. The second-order valence-electron chi connectivity index (χ2n) is 8.80. The lowest BCUT2D eigenvalue weighted by atomic mass is 10.3. The van der Waals surface area contributed by atoms with Crippen LogP contribution in [0.3, 0.4) is 0 Å². The Bertz CT molecular complexity index is 1430. The molecular formula is C30H28O4S5. The van der Waals surface area contributed by atoms with Gasteiger partial charge in [0.05, 0.1) is 13.2 Å². The minimum absolute atomic E-state index is 0.236. The third-order valence-corrected chi connectivity index (χ3v) is 12.0. The Kier molecular flexibility index (Phi) is 9.47. The molecule has 0 fully saturated rings. The van der Waals surface area contributed by atoms with Gasteiger partial charge in [-0.15, -0.1) is 56.7 Å². The zero-order valence-corrected chi connectivity index (χ0v) is 25.8. The predicted molar refractivity (Wildman–Crippen MR) is 168 cm³/mol. The Morgan fingerprint density at radius 1 is 0.487 bits per heavy atom. The lowest BCUT2D eigenvalue weighted by Crippen LogP contribution is -2.03. The molecule has 0 amide bonds. The number of esters is 2. The van der Waals surface area contributed by atoms with E-state index < -0.39 is 0 Å². The first-order valence-electron chi connectivity index (χ1n) is 12.9. The van der Waals surface area contributed by atoms with Gasteiger partial charge in [0.15, 0.2) is 0 Å². The lowest BCUT2D eigenvalue weighted by molar-refractivity contribution is 0.0496. The van der Waals surface area contributed by atoms with Gasteiger partial charge >= 0.3 is 11.9 Å². The number of hydrogen-bond donors (Lipinski definition) is 0. The van der Waals surface area contributed by atoms with E-state index in [0.29, 0.717) is 23.0 Å². The normalized spacial score (nSPS) is 11.1. The SMILES string of the molecule is CCCCOC(=O)c1ccc(-c2ccc(-c3ccc(-c4ccc(-c5ccc(C(=O)OCCCC)s5)s4)s3)s2)s1. The highest BCUT2D eigenvalue weighted by molar-refractivity contribution is 7.30. The van der Waals surface area contributed by atoms with Crippen molar-refractivity contribution in [3.05, 3.63) is 70.4 Å². The molecule has 5 rings (SSSR count). The fraction of sp³-hybridized carbons (Fsp3) is 0.267. The maximum Gasteiger partial charge on any atom is 0.348 e. The van der Waals surface area contributed by atoms with E-state index in [0.717, 1.165) is 45.2 Å². The molecule has 5 aromatic heterocycles. The molecule has 0 aromatic carbocycles. The summed E-state index contributed by atoms with van der Waals surface area (Å²) in [5, 5.41) is 0. The maximum atomic E-state index is 12.3. The van der Waals surface area contributed by atoms with E-state index in [2.05, 4.69) is 50.2 Å². The summed E-state index contributed by atoms with van der Waals surface area (Å²) in [5.74, 6) is -0.472. The van der Waals surface area contributed by atoms with Crippen LogP contribution >= 0.6 is 56.7 Å². The molecule has 0 saturated heterocycles. The van der Waals surface area contributed by atoms with Crippen molar-refractivity contribution in [1.82, 2.24) is 0 Å². The van der Waals surface area contributed by atoms with Crippen molar-refractivity contribution in [3.8, 4) is 39.0 Å². The zero-order valence-electron chi connectivity index (χ0n) is 21.7. The monoisotopic (exact) mass is 612 g/mol. The number of thiophene rings is 5. The van der Waals surface area contributed by atoms with E-state index in [1.54, 1.807) is 34.0 Å². The second kappa shape index (κ2) is 13.2. The standard InChI is InChI=1S/C30H28O4S5/c1-3-5-17-33-29(31)27-15-13-25(38-27)23-11-9-21(36-23)19-7-8-20(35-19)22-10-12-24(37-22)26-14-16-28(39-26)30(32)34-18-6-4-2/h7-16H,3-6,17-18H2,1-2H3. The summed E-state index contributed by atoms with van der Waals surface area (Å²) in [6.07, 6.45) is 3.79. The third-order valence-electron chi connectivity index (χ3n) is 5.87. The van der Waals surface area contributed by atoms with E-state index in [-0.39, 0.29) is 11.9 Å². The molecule has 0 radical (unpaired) electrons. The molecule has 5 aromatic rings. The first-order valence-corrected chi connectivity index (χ1v) is 17.0. The van der Waals surface area contributed by atoms with Gasteiger partial charge in [0.1, 0.15) is 9.75 Å². The van der Waals surface area contributed by atoms with Crippen LogP contribution in [0, 0.1) is 0 Å². The van der Waals surface area contributed by atoms with Crippen molar-refractivity contribution < 1.29 is 19.1 Å². The van der Waals surface area contributed by atoms with E-state index in [9.17, 15) is 9.59 Å². The first kappa shape index (κ1) is 28.0. The fourth-order valence-corrected chi connectivity index (χ4v) is 8.91. The molecule has 9 heteroatoms. The van der Waals surface area contributed by atoms with Gasteiger partial charge in [-0.2, -0.15) is 0 Å². The van der Waals surface area contributed by atoms with E-state index in [1.807, 2.05) is 24.3 Å². The Morgan fingerprint density at radius 2 is 0.769 bits per heavy atom. The van der Waals surface area contributed by atoms with Crippen molar-refractivity contribution in [2.75, 3.05) is 13.2 Å². The molecule has 0 N–H and O–H groups in total. The summed E-state index contributed by atoms with van der Waals surface area (Å²) in [4.78, 5) is 35.2. The molecule has 0 saturated carbocycles. The van der Waals surface area contributed by atoms with Crippen LogP contribution in [0.2, 0.25) is 0 Å². The van der Waals surface area contributed by atoms with Gasteiger partial charge in [-0.3, -0.25) is 0 Å². The molecule has 0 atom stereocenters. The van der Waals surface area contributed by atoms with Crippen molar-refractivity contribution in [3.63, 3.8) is 0 Å². The largest absolute Gasteiger partial charge is 0.462 e. The summed E-state index contributed by atoms with van der Waals surface area (Å²) >= 11 is 8.22. The quantitative estimate of drug-likeness (QED) is 0.104. The van der Waals surface area contributed by atoms with Gasteiger partial charge in [-0.05, 0) is 73.5 Å². The average molecular weight is 613 g/mol. The summed E-state index contributed by atoms with van der Waals surface area (Å²) in [5.41, 5.74) is 0.